The summed E-state index contributed by atoms with van der Waals surface area (Å²) in [6.07, 6.45) is 7.11. The normalized spacial score (nSPS) is 13.6. The van der Waals surface area contributed by atoms with Crippen LogP contribution in [0.3, 0.4) is 0 Å². The van der Waals surface area contributed by atoms with Gasteiger partial charge in [0.2, 0.25) is 5.95 Å². The average Bonchev–Trinajstić information content (AvgIpc) is 3.16. The van der Waals surface area contributed by atoms with Crippen LogP contribution in [-0.4, -0.2) is 26.4 Å². The Morgan fingerprint density at radius 2 is 2.19 bits per heavy atom. The van der Waals surface area contributed by atoms with Crippen LogP contribution in [0.1, 0.15) is 0 Å². The van der Waals surface area contributed by atoms with Crippen LogP contribution in [0.2, 0.25) is 0 Å². The number of fused-ring (bicyclic) bond motifs is 1. The third-order valence-corrected chi connectivity index (χ3v) is 3.02. The third-order valence-electron chi connectivity index (χ3n) is 3.02. The van der Waals surface area contributed by atoms with Crippen molar-refractivity contribution in [3.8, 4) is 0 Å². The Morgan fingerprint density at radius 1 is 1.19 bits per heavy atom. The molecule has 0 saturated carbocycles. The maximum Gasteiger partial charge on any atom is 0.206 e. The molecule has 0 fully saturated rings. The van der Waals surface area contributed by atoms with Crippen molar-refractivity contribution in [2.24, 2.45) is 5.10 Å². The SMILES string of the molecule is C1=CNN(c2ccc3[nH]c(Nc4cc[nH]n4)nc3c2)N=C1. The van der Waals surface area contributed by atoms with E-state index in [0.29, 0.717) is 11.8 Å². The van der Waals surface area contributed by atoms with Crippen molar-refractivity contribution in [2.75, 3.05) is 10.4 Å². The molecule has 2 aromatic heterocycles. The summed E-state index contributed by atoms with van der Waals surface area (Å²) < 4.78 is 0. The quantitative estimate of drug-likeness (QED) is 0.587. The fourth-order valence-electron chi connectivity index (χ4n) is 2.07. The summed E-state index contributed by atoms with van der Waals surface area (Å²) in [6.45, 7) is 0. The Balaban J connectivity index is 1.65. The molecule has 0 aliphatic carbocycles. The molecule has 3 aromatic rings. The minimum atomic E-state index is 0.643. The maximum atomic E-state index is 4.50. The van der Waals surface area contributed by atoms with Crippen LogP contribution < -0.4 is 15.9 Å². The first-order valence-electron chi connectivity index (χ1n) is 6.40. The summed E-state index contributed by atoms with van der Waals surface area (Å²) in [4.78, 5) is 7.69. The van der Waals surface area contributed by atoms with Gasteiger partial charge in [0.05, 0.1) is 22.9 Å². The molecule has 4 rings (SSSR count). The lowest BCUT2D eigenvalue weighted by Gasteiger charge is -2.19. The summed E-state index contributed by atoms with van der Waals surface area (Å²) >= 11 is 0. The largest absolute Gasteiger partial charge is 0.324 e. The van der Waals surface area contributed by atoms with Crippen molar-refractivity contribution >= 4 is 34.7 Å². The molecule has 21 heavy (non-hydrogen) atoms. The lowest BCUT2D eigenvalue weighted by atomic mass is 10.3. The van der Waals surface area contributed by atoms with Crippen molar-refractivity contribution in [3.63, 3.8) is 0 Å². The van der Waals surface area contributed by atoms with E-state index in [1.165, 1.54) is 0 Å². The smallest absolute Gasteiger partial charge is 0.206 e. The maximum absolute atomic E-state index is 4.50. The first-order chi connectivity index (χ1) is 10.4. The van der Waals surface area contributed by atoms with Crippen LogP contribution in [0.4, 0.5) is 17.5 Å². The molecule has 0 saturated heterocycles. The second-order valence-electron chi connectivity index (χ2n) is 4.44. The van der Waals surface area contributed by atoms with Crippen LogP contribution in [0.5, 0.6) is 0 Å². The highest BCUT2D eigenvalue weighted by Crippen LogP contribution is 2.22. The third kappa shape index (κ3) is 2.18. The molecule has 0 spiro atoms. The van der Waals surface area contributed by atoms with Gasteiger partial charge < -0.3 is 10.3 Å². The van der Waals surface area contributed by atoms with Gasteiger partial charge in [0, 0.05) is 18.5 Å². The van der Waals surface area contributed by atoms with E-state index in [0.717, 1.165) is 16.7 Å². The molecule has 1 aliphatic rings. The molecule has 8 heteroatoms. The zero-order valence-electron chi connectivity index (χ0n) is 10.9. The van der Waals surface area contributed by atoms with Crippen LogP contribution in [0.15, 0.2) is 47.8 Å². The summed E-state index contributed by atoms with van der Waals surface area (Å²) in [5.41, 5.74) is 5.72. The number of allylic oxidation sites excluding steroid dienone is 1. The Hall–Kier alpha value is -3.29. The predicted molar refractivity (Wildman–Crippen MR) is 81.2 cm³/mol. The summed E-state index contributed by atoms with van der Waals surface area (Å²) in [5, 5.41) is 15.8. The van der Waals surface area contributed by atoms with Crippen LogP contribution in [-0.2, 0) is 0 Å². The van der Waals surface area contributed by atoms with Crippen molar-refractivity contribution in [1.82, 2.24) is 25.6 Å². The van der Waals surface area contributed by atoms with E-state index in [4.69, 9.17) is 0 Å². The molecule has 1 aromatic carbocycles. The van der Waals surface area contributed by atoms with E-state index in [-0.39, 0.29) is 0 Å². The second-order valence-corrected chi connectivity index (χ2v) is 4.44. The number of rotatable bonds is 3. The van der Waals surface area contributed by atoms with Gasteiger partial charge in [-0.05, 0) is 24.3 Å². The van der Waals surface area contributed by atoms with Gasteiger partial charge in [-0.15, -0.1) is 0 Å². The van der Waals surface area contributed by atoms with Crippen molar-refractivity contribution in [1.29, 1.82) is 0 Å². The van der Waals surface area contributed by atoms with Gasteiger partial charge in [-0.25, -0.2) is 4.98 Å². The number of hydrogen-bond donors (Lipinski definition) is 4. The van der Waals surface area contributed by atoms with Gasteiger partial charge in [0.25, 0.3) is 0 Å². The zero-order chi connectivity index (χ0) is 14.1. The van der Waals surface area contributed by atoms with Crippen LogP contribution in [0.25, 0.3) is 11.0 Å². The summed E-state index contributed by atoms with van der Waals surface area (Å²) in [7, 11) is 0. The lowest BCUT2D eigenvalue weighted by Crippen LogP contribution is -2.30. The van der Waals surface area contributed by atoms with E-state index in [9.17, 15) is 0 Å². The molecular formula is C13H12N8. The molecule has 104 valence electrons. The Kier molecular flexibility index (Phi) is 2.57. The van der Waals surface area contributed by atoms with E-state index < -0.39 is 0 Å². The molecule has 0 atom stereocenters. The fraction of sp³-hybridized carbons (Fsp3) is 0. The Labute approximate surface area is 119 Å². The van der Waals surface area contributed by atoms with Gasteiger partial charge in [0.15, 0.2) is 5.82 Å². The minimum Gasteiger partial charge on any atom is -0.324 e. The standard InChI is InChI=1S/C13H12N8/c1-5-15-21(16-6-1)9-2-3-10-11(8-9)18-13(17-10)19-12-4-7-14-20-12/h1-8,15H,(H3,14,17,18,19,20). The zero-order valence-corrected chi connectivity index (χ0v) is 10.9. The van der Waals surface area contributed by atoms with Crippen molar-refractivity contribution in [3.05, 3.63) is 42.7 Å². The van der Waals surface area contributed by atoms with E-state index in [1.807, 2.05) is 36.5 Å². The molecule has 0 amide bonds. The van der Waals surface area contributed by atoms with Gasteiger partial charge in [-0.1, -0.05) is 0 Å². The Morgan fingerprint density at radius 3 is 3.00 bits per heavy atom. The second kappa shape index (κ2) is 4.67. The number of hydrogen-bond acceptors (Lipinski definition) is 6. The van der Waals surface area contributed by atoms with Crippen LogP contribution >= 0.6 is 0 Å². The number of nitrogens with one attached hydrogen (secondary N) is 4. The Bertz CT molecular complexity index is 814. The predicted octanol–water partition coefficient (Wildman–Crippen LogP) is 1.85. The number of hydrazine groups is 1. The van der Waals surface area contributed by atoms with Crippen molar-refractivity contribution in [2.45, 2.75) is 0 Å². The van der Waals surface area contributed by atoms with E-state index in [2.05, 4.69) is 36.0 Å². The number of imidazole rings is 1. The lowest BCUT2D eigenvalue weighted by molar-refractivity contribution is 0.775. The molecule has 0 unspecified atom stereocenters. The number of nitrogens with zero attached hydrogens (tertiary/aromatic N) is 4. The van der Waals surface area contributed by atoms with Gasteiger partial charge in [0.1, 0.15) is 0 Å². The summed E-state index contributed by atoms with van der Waals surface area (Å²) in [6, 6.07) is 7.70. The molecule has 3 heterocycles. The highest BCUT2D eigenvalue weighted by Gasteiger charge is 2.09. The molecule has 8 nitrogen and oxygen atoms in total. The molecule has 0 radical (unpaired) electrons. The molecular weight excluding hydrogens is 268 g/mol. The molecule has 4 N–H and O–H groups in total. The monoisotopic (exact) mass is 280 g/mol. The molecule has 1 aliphatic heterocycles. The van der Waals surface area contributed by atoms with E-state index in [1.54, 1.807) is 17.5 Å². The topological polar surface area (TPSA) is 97.0 Å². The first-order valence-corrected chi connectivity index (χ1v) is 6.40. The fourth-order valence-corrected chi connectivity index (χ4v) is 2.07. The number of hydrazone groups is 1. The number of H-pyrrole nitrogens is 2. The number of anilines is 3. The number of aromatic amines is 2. The van der Waals surface area contributed by atoms with Gasteiger partial charge >= 0.3 is 0 Å². The highest BCUT2D eigenvalue weighted by atomic mass is 15.7. The van der Waals surface area contributed by atoms with Crippen molar-refractivity contribution < 1.29 is 0 Å². The number of benzene rings is 1. The summed E-state index contributed by atoms with van der Waals surface area (Å²) in [5.74, 6) is 1.35. The van der Waals surface area contributed by atoms with E-state index >= 15 is 0 Å². The number of aromatic nitrogens is 4. The average molecular weight is 280 g/mol. The molecule has 0 bridgehead atoms. The van der Waals surface area contributed by atoms with Gasteiger partial charge in [-0.3, -0.25) is 10.5 Å². The highest BCUT2D eigenvalue weighted by molar-refractivity contribution is 5.82. The minimum absolute atomic E-state index is 0.643. The van der Waals surface area contributed by atoms with Crippen LogP contribution in [0, 0.1) is 0 Å². The first kappa shape index (κ1) is 11.5. The van der Waals surface area contributed by atoms with Gasteiger partial charge in [-0.2, -0.15) is 15.3 Å².